The molecule has 25 heavy (non-hydrogen) atoms. The van der Waals surface area contributed by atoms with Gasteiger partial charge in [0.25, 0.3) is 5.91 Å². The number of hydrogen-bond donors (Lipinski definition) is 1. The highest BCUT2D eigenvalue weighted by Crippen LogP contribution is 2.24. The quantitative estimate of drug-likeness (QED) is 0.874. The minimum Gasteiger partial charge on any atom is -0.379 e. The van der Waals surface area contributed by atoms with Crippen molar-refractivity contribution in [1.29, 1.82) is 0 Å². The van der Waals surface area contributed by atoms with Crippen LogP contribution in [-0.2, 0) is 21.8 Å². The molecule has 8 nitrogen and oxygen atoms in total. The molecule has 9 heteroatoms. The van der Waals surface area contributed by atoms with Crippen LogP contribution in [0.5, 0.6) is 0 Å². The number of amides is 1. The van der Waals surface area contributed by atoms with Crippen LogP contribution >= 0.6 is 0 Å². The van der Waals surface area contributed by atoms with Crippen molar-refractivity contribution in [1.82, 2.24) is 14.1 Å². The second-order valence-corrected chi connectivity index (χ2v) is 7.76. The van der Waals surface area contributed by atoms with Crippen LogP contribution in [0.4, 0.5) is 5.69 Å². The summed E-state index contributed by atoms with van der Waals surface area (Å²) >= 11 is 0. The van der Waals surface area contributed by atoms with Gasteiger partial charge in [-0.2, -0.15) is 9.40 Å². The van der Waals surface area contributed by atoms with Crippen LogP contribution in [-0.4, -0.2) is 54.7 Å². The third-order valence-electron chi connectivity index (χ3n) is 4.00. The number of carbonyl (C=O) groups is 1. The lowest BCUT2D eigenvalue weighted by atomic mass is 10.2. The molecule has 1 N–H and O–H groups in total. The standard InChI is InChI=1S/C16H20N4O4S/c1-12-3-4-14(18-16(21)13-10-17-19(2)11-13)9-15(12)25(22,23)20-5-7-24-8-6-20/h3-4,9-11H,5-8H2,1-2H3,(H,18,21). The molecule has 134 valence electrons. The summed E-state index contributed by atoms with van der Waals surface area (Å²) in [4.78, 5) is 12.4. The van der Waals surface area contributed by atoms with Crippen LogP contribution in [0, 0.1) is 6.92 Å². The number of anilines is 1. The highest BCUT2D eigenvalue weighted by molar-refractivity contribution is 7.89. The molecule has 1 aromatic heterocycles. The van der Waals surface area contributed by atoms with E-state index in [2.05, 4.69) is 10.4 Å². The minimum atomic E-state index is -3.63. The normalized spacial score (nSPS) is 15.9. The van der Waals surface area contributed by atoms with E-state index in [1.165, 1.54) is 21.3 Å². The van der Waals surface area contributed by atoms with Crippen molar-refractivity contribution in [2.24, 2.45) is 7.05 Å². The molecule has 0 bridgehead atoms. The molecular formula is C16H20N4O4S. The van der Waals surface area contributed by atoms with Crippen LogP contribution in [0.3, 0.4) is 0 Å². The zero-order valence-electron chi connectivity index (χ0n) is 14.1. The van der Waals surface area contributed by atoms with Gasteiger partial charge in [0.1, 0.15) is 0 Å². The predicted octanol–water partition coefficient (Wildman–Crippen LogP) is 1.00. The Morgan fingerprint density at radius 2 is 2.00 bits per heavy atom. The Kier molecular flexibility index (Phi) is 4.89. The summed E-state index contributed by atoms with van der Waals surface area (Å²) in [7, 11) is -1.91. The third-order valence-corrected chi connectivity index (χ3v) is 6.04. The van der Waals surface area contributed by atoms with Gasteiger partial charge in [-0.1, -0.05) is 6.07 Å². The molecule has 0 saturated carbocycles. The number of hydrogen-bond acceptors (Lipinski definition) is 5. The lowest BCUT2D eigenvalue weighted by Gasteiger charge is -2.26. The minimum absolute atomic E-state index is 0.193. The topological polar surface area (TPSA) is 93.5 Å². The zero-order chi connectivity index (χ0) is 18.0. The fourth-order valence-electron chi connectivity index (χ4n) is 2.62. The molecule has 1 aliphatic heterocycles. The summed E-state index contributed by atoms with van der Waals surface area (Å²) in [6.45, 7) is 3.16. The van der Waals surface area contributed by atoms with Crippen LogP contribution in [0.15, 0.2) is 35.5 Å². The molecule has 0 spiro atoms. The van der Waals surface area contributed by atoms with E-state index in [0.717, 1.165) is 0 Å². The summed E-state index contributed by atoms with van der Waals surface area (Å²) in [5.41, 5.74) is 1.46. The molecule has 2 aromatic rings. The summed E-state index contributed by atoms with van der Waals surface area (Å²) in [6.07, 6.45) is 3.05. The van der Waals surface area contributed by atoms with Crippen molar-refractivity contribution in [2.45, 2.75) is 11.8 Å². The Balaban J connectivity index is 1.86. The van der Waals surface area contributed by atoms with E-state index in [-0.39, 0.29) is 10.8 Å². The Bertz CT molecular complexity index is 885. The molecule has 3 rings (SSSR count). The van der Waals surface area contributed by atoms with Crippen molar-refractivity contribution < 1.29 is 17.9 Å². The summed E-state index contributed by atoms with van der Waals surface area (Å²) in [5, 5.41) is 6.67. The fourth-order valence-corrected chi connectivity index (χ4v) is 4.28. The Morgan fingerprint density at radius 1 is 1.28 bits per heavy atom. The van der Waals surface area contributed by atoms with Gasteiger partial charge in [0.2, 0.25) is 10.0 Å². The third kappa shape index (κ3) is 3.73. The van der Waals surface area contributed by atoms with Crippen LogP contribution in [0.1, 0.15) is 15.9 Å². The van der Waals surface area contributed by atoms with E-state index in [1.807, 2.05) is 0 Å². The Hall–Kier alpha value is -2.23. The van der Waals surface area contributed by atoms with Crippen LogP contribution in [0.2, 0.25) is 0 Å². The smallest absolute Gasteiger partial charge is 0.258 e. The van der Waals surface area contributed by atoms with Gasteiger partial charge in [-0.15, -0.1) is 0 Å². The van der Waals surface area contributed by atoms with Crippen molar-refractivity contribution in [3.63, 3.8) is 0 Å². The number of carbonyl (C=O) groups excluding carboxylic acids is 1. The highest BCUT2D eigenvalue weighted by atomic mass is 32.2. The lowest BCUT2D eigenvalue weighted by molar-refractivity contribution is 0.0730. The van der Waals surface area contributed by atoms with Gasteiger partial charge in [-0.05, 0) is 24.6 Å². The van der Waals surface area contributed by atoms with Gasteiger partial charge >= 0.3 is 0 Å². The number of aryl methyl sites for hydroxylation is 2. The number of morpholine rings is 1. The maximum Gasteiger partial charge on any atom is 0.258 e. The second-order valence-electron chi connectivity index (χ2n) is 5.85. The predicted molar refractivity (Wildman–Crippen MR) is 91.9 cm³/mol. The lowest BCUT2D eigenvalue weighted by Crippen LogP contribution is -2.40. The molecule has 0 atom stereocenters. The number of aromatic nitrogens is 2. The maximum absolute atomic E-state index is 12.9. The molecule has 0 radical (unpaired) electrons. The first kappa shape index (κ1) is 17.6. The van der Waals surface area contributed by atoms with Crippen LogP contribution in [0.25, 0.3) is 0 Å². The molecule has 1 aliphatic rings. The van der Waals surface area contributed by atoms with E-state index in [4.69, 9.17) is 4.74 Å². The van der Waals surface area contributed by atoms with E-state index in [0.29, 0.717) is 43.1 Å². The Labute approximate surface area is 146 Å². The van der Waals surface area contributed by atoms with Gasteiger partial charge in [-0.25, -0.2) is 8.42 Å². The molecular weight excluding hydrogens is 344 g/mol. The van der Waals surface area contributed by atoms with E-state index < -0.39 is 10.0 Å². The maximum atomic E-state index is 12.9. The van der Waals surface area contributed by atoms with Crippen molar-refractivity contribution in [2.75, 3.05) is 31.6 Å². The highest BCUT2D eigenvalue weighted by Gasteiger charge is 2.28. The zero-order valence-corrected chi connectivity index (χ0v) is 14.9. The number of nitrogens with one attached hydrogen (secondary N) is 1. The number of benzene rings is 1. The first-order chi connectivity index (χ1) is 11.9. The SMILES string of the molecule is Cc1ccc(NC(=O)c2cnn(C)c2)cc1S(=O)(=O)N1CCOCC1. The summed E-state index contributed by atoms with van der Waals surface area (Å²) < 4.78 is 33.9. The molecule has 2 heterocycles. The van der Waals surface area contributed by atoms with Gasteiger partial charge in [0, 0.05) is 32.0 Å². The van der Waals surface area contributed by atoms with Crippen LogP contribution < -0.4 is 5.32 Å². The van der Waals surface area contributed by atoms with Crippen molar-refractivity contribution in [3.8, 4) is 0 Å². The average molecular weight is 364 g/mol. The van der Waals surface area contributed by atoms with Gasteiger partial charge < -0.3 is 10.1 Å². The number of sulfonamides is 1. The first-order valence-corrected chi connectivity index (χ1v) is 9.30. The molecule has 1 amide bonds. The average Bonchev–Trinajstić information content (AvgIpc) is 3.04. The monoisotopic (exact) mass is 364 g/mol. The second kappa shape index (κ2) is 6.95. The molecule has 1 fully saturated rings. The fraction of sp³-hybridized carbons (Fsp3) is 0.375. The largest absolute Gasteiger partial charge is 0.379 e. The number of rotatable bonds is 4. The van der Waals surface area contributed by atoms with Crippen molar-refractivity contribution in [3.05, 3.63) is 41.7 Å². The summed E-state index contributed by atoms with van der Waals surface area (Å²) in [6, 6.07) is 4.86. The van der Waals surface area contributed by atoms with E-state index in [1.54, 1.807) is 32.3 Å². The molecule has 1 aromatic carbocycles. The van der Waals surface area contributed by atoms with Crippen molar-refractivity contribution >= 4 is 21.6 Å². The van der Waals surface area contributed by atoms with Gasteiger partial charge in [0.05, 0.1) is 29.9 Å². The number of ether oxygens (including phenoxy) is 1. The molecule has 0 unspecified atom stereocenters. The molecule has 1 saturated heterocycles. The number of nitrogens with zero attached hydrogens (tertiary/aromatic N) is 3. The van der Waals surface area contributed by atoms with Gasteiger partial charge in [-0.3, -0.25) is 9.48 Å². The Morgan fingerprint density at radius 3 is 2.64 bits per heavy atom. The van der Waals surface area contributed by atoms with E-state index >= 15 is 0 Å². The molecule has 0 aliphatic carbocycles. The van der Waals surface area contributed by atoms with Gasteiger partial charge in [0.15, 0.2) is 0 Å². The first-order valence-electron chi connectivity index (χ1n) is 7.86. The summed E-state index contributed by atoms with van der Waals surface area (Å²) in [5.74, 6) is -0.341. The van der Waals surface area contributed by atoms with E-state index in [9.17, 15) is 13.2 Å².